The van der Waals surface area contributed by atoms with E-state index in [-0.39, 0.29) is 11.3 Å². The van der Waals surface area contributed by atoms with Gasteiger partial charge in [-0.15, -0.1) is 0 Å². The lowest BCUT2D eigenvalue weighted by Crippen LogP contribution is -2.20. The molecule has 0 unspecified atom stereocenters. The maximum absolute atomic E-state index is 12.6. The van der Waals surface area contributed by atoms with Crippen LogP contribution in [-0.2, 0) is 6.42 Å². The molecule has 0 atom stereocenters. The molecule has 2 aromatic carbocycles. The van der Waals surface area contributed by atoms with Gasteiger partial charge in [-0.25, -0.2) is 4.98 Å². The zero-order valence-electron chi connectivity index (χ0n) is 15.0. The summed E-state index contributed by atoms with van der Waals surface area (Å²) in [6.07, 6.45) is 2.09. The molecule has 3 N–H and O–H groups in total. The molecule has 0 saturated carbocycles. The number of ether oxygens (including phenoxy) is 1. The summed E-state index contributed by atoms with van der Waals surface area (Å²) in [5, 5.41) is 10.5. The van der Waals surface area contributed by atoms with Gasteiger partial charge in [-0.05, 0) is 35.9 Å². The average Bonchev–Trinajstić information content (AvgIpc) is 3.16. The van der Waals surface area contributed by atoms with Crippen LogP contribution in [0.1, 0.15) is 21.9 Å². The van der Waals surface area contributed by atoms with Crippen molar-refractivity contribution in [3.05, 3.63) is 82.2 Å². The zero-order valence-corrected chi connectivity index (χ0v) is 15.0. The van der Waals surface area contributed by atoms with Gasteiger partial charge in [0.15, 0.2) is 0 Å². The van der Waals surface area contributed by atoms with Gasteiger partial charge in [-0.1, -0.05) is 12.1 Å². The highest BCUT2D eigenvalue weighted by atomic mass is 16.5. The van der Waals surface area contributed by atoms with E-state index in [1.807, 2.05) is 30.3 Å². The molecule has 28 heavy (non-hydrogen) atoms. The van der Waals surface area contributed by atoms with E-state index >= 15 is 0 Å². The molecule has 140 valence electrons. The highest BCUT2D eigenvalue weighted by molar-refractivity contribution is 6.03. The summed E-state index contributed by atoms with van der Waals surface area (Å²) < 4.78 is 5.13. The maximum atomic E-state index is 12.6. The SMILES string of the molecule is COc1ccc(Cc2nc(C(=O)Nc3ccc4cn[nH]c4c3)cc(=O)[nH]2)cc1. The second-order valence-corrected chi connectivity index (χ2v) is 6.23. The van der Waals surface area contributed by atoms with Crippen LogP contribution in [0.5, 0.6) is 5.75 Å². The summed E-state index contributed by atoms with van der Waals surface area (Å²) >= 11 is 0. The van der Waals surface area contributed by atoms with Crippen molar-refractivity contribution >= 4 is 22.5 Å². The van der Waals surface area contributed by atoms with Crippen molar-refractivity contribution in [1.29, 1.82) is 0 Å². The number of hydrogen-bond acceptors (Lipinski definition) is 5. The number of carbonyl (C=O) groups excluding carboxylic acids is 1. The minimum Gasteiger partial charge on any atom is -0.497 e. The molecule has 0 radical (unpaired) electrons. The molecule has 1 amide bonds. The first-order valence-corrected chi connectivity index (χ1v) is 8.58. The zero-order chi connectivity index (χ0) is 19.5. The van der Waals surface area contributed by atoms with Crippen LogP contribution in [0.15, 0.2) is 59.5 Å². The van der Waals surface area contributed by atoms with Crippen LogP contribution in [0, 0.1) is 0 Å². The van der Waals surface area contributed by atoms with E-state index in [0.717, 1.165) is 22.2 Å². The van der Waals surface area contributed by atoms with Crippen molar-refractivity contribution in [2.24, 2.45) is 0 Å². The monoisotopic (exact) mass is 375 g/mol. The second-order valence-electron chi connectivity index (χ2n) is 6.23. The number of methoxy groups -OCH3 is 1. The fourth-order valence-corrected chi connectivity index (χ4v) is 2.85. The van der Waals surface area contributed by atoms with Crippen LogP contribution in [0.2, 0.25) is 0 Å². The van der Waals surface area contributed by atoms with Crippen molar-refractivity contribution in [1.82, 2.24) is 20.2 Å². The standard InChI is InChI=1S/C20H17N5O3/c1-28-15-6-2-12(3-7-15)8-18-23-17(10-19(26)24-18)20(27)22-14-5-4-13-11-21-25-16(13)9-14/h2-7,9-11H,8H2,1H3,(H,21,25)(H,22,27)(H,23,24,26). The lowest BCUT2D eigenvalue weighted by atomic mass is 10.1. The predicted octanol–water partition coefficient (Wildman–Crippen LogP) is 2.50. The van der Waals surface area contributed by atoms with E-state index < -0.39 is 5.91 Å². The molecule has 0 aliphatic rings. The summed E-state index contributed by atoms with van der Waals surface area (Å²) in [7, 11) is 1.60. The Morgan fingerprint density at radius 1 is 1.14 bits per heavy atom. The Balaban J connectivity index is 1.54. The number of aromatic amines is 2. The molecule has 4 aromatic rings. The van der Waals surface area contributed by atoms with Crippen molar-refractivity contribution in [3.63, 3.8) is 0 Å². The number of fused-ring (bicyclic) bond motifs is 1. The van der Waals surface area contributed by atoms with Gasteiger partial charge in [-0.2, -0.15) is 5.10 Å². The minimum absolute atomic E-state index is 0.0527. The number of benzene rings is 2. The molecule has 0 bridgehead atoms. The molecule has 0 spiro atoms. The van der Waals surface area contributed by atoms with Gasteiger partial charge < -0.3 is 15.0 Å². The molecular formula is C20H17N5O3. The van der Waals surface area contributed by atoms with Gasteiger partial charge in [0.05, 0.1) is 18.8 Å². The second kappa shape index (κ2) is 7.36. The Kier molecular flexibility index (Phi) is 4.59. The largest absolute Gasteiger partial charge is 0.497 e. The van der Waals surface area contributed by atoms with E-state index in [4.69, 9.17) is 4.74 Å². The summed E-state index contributed by atoms with van der Waals surface area (Å²) in [5.41, 5.74) is 1.99. The summed E-state index contributed by atoms with van der Waals surface area (Å²) in [6, 6.07) is 14.0. The Morgan fingerprint density at radius 3 is 2.75 bits per heavy atom. The Bertz CT molecular complexity index is 1190. The highest BCUT2D eigenvalue weighted by Gasteiger charge is 2.12. The van der Waals surface area contributed by atoms with Crippen LogP contribution in [0.25, 0.3) is 10.9 Å². The topological polar surface area (TPSA) is 113 Å². The molecule has 4 rings (SSSR count). The molecule has 2 aromatic heterocycles. The van der Waals surface area contributed by atoms with Crippen molar-refractivity contribution in [2.45, 2.75) is 6.42 Å². The average molecular weight is 375 g/mol. The number of anilines is 1. The fourth-order valence-electron chi connectivity index (χ4n) is 2.85. The van der Waals surface area contributed by atoms with Crippen LogP contribution >= 0.6 is 0 Å². The first-order chi connectivity index (χ1) is 13.6. The van der Waals surface area contributed by atoms with Crippen molar-refractivity contribution in [3.8, 4) is 5.75 Å². The number of hydrogen-bond donors (Lipinski definition) is 3. The van der Waals surface area contributed by atoms with E-state index in [9.17, 15) is 9.59 Å². The van der Waals surface area contributed by atoms with Gasteiger partial charge in [0, 0.05) is 23.6 Å². The minimum atomic E-state index is -0.457. The number of amides is 1. The number of nitrogens with zero attached hydrogens (tertiary/aromatic N) is 2. The van der Waals surface area contributed by atoms with Crippen molar-refractivity contribution in [2.75, 3.05) is 12.4 Å². The summed E-state index contributed by atoms with van der Waals surface area (Å²) in [4.78, 5) is 31.5. The predicted molar refractivity (Wildman–Crippen MR) is 105 cm³/mol. The van der Waals surface area contributed by atoms with E-state index in [0.29, 0.717) is 17.9 Å². The molecular weight excluding hydrogens is 358 g/mol. The number of aromatic nitrogens is 4. The molecule has 0 fully saturated rings. The van der Waals surface area contributed by atoms with Crippen LogP contribution in [0.4, 0.5) is 5.69 Å². The molecule has 8 nitrogen and oxygen atoms in total. The van der Waals surface area contributed by atoms with Gasteiger partial charge in [0.25, 0.3) is 11.5 Å². The molecule has 0 aliphatic heterocycles. The number of carbonyl (C=O) groups is 1. The number of nitrogens with one attached hydrogen (secondary N) is 3. The van der Waals surface area contributed by atoms with E-state index in [1.54, 1.807) is 25.4 Å². The third kappa shape index (κ3) is 3.75. The molecule has 0 aliphatic carbocycles. The molecule has 2 heterocycles. The van der Waals surface area contributed by atoms with E-state index in [1.165, 1.54) is 6.07 Å². The summed E-state index contributed by atoms with van der Waals surface area (Å²) in [5.74, 6) is 0.695. The van der Waals surface area contributed by atoms with Crippen molar-refractivity contribution < 1.29 is 9.53 Å². The first kappa shape index (κ1) is 17.5. The van der Waals surface area contributed by atoms with E-state index in [2.05, 4.69) is 25.5 Å². The normalized spacial score (nSPS) is 10.8. The molecule has 8 heteroatoms. The van der Waals surface area contributed by atoms with Crippen LogP contribution in [-0.4, -0.2) is 33.2 Å². The Morgan fingerprint density at radius 2 is 1.96 bits per heavy atom. The Hall–Kier alpha value is -3.94. The lowest BCUT2D eigenvalue weighted by molar-refractivity contribution is 0.102. The van der Waals surface area contributed by atoms with Gasteiger partial charge in [-0.3, -0.25) is 14.7 Å². The summed E-state index contributed by atoms with van der Waals surface area (Å²) in [6.45, 7) is 0. The number of rotatable bonds is 5. The molecule has 0 saturated heterocycles. The Labute approximate surface area is 159 Å². The van der Waals surface area contributed by atoms with Crippen LogP contribution in [0.3, 0.4) is 0 Å². The van der Waals surface area contributed by atoms with Gasteiger partial charge in [0.1, 0.15) is 17.3 Å². The van der Waals surface area contributed by atoms with Gasteiger partial charge in [0.2, 0.25) is 0 Å². The number of H-pyrrole nitrogens is 2. The quantitative estimate of drug-likeness (QED) is 0.496. The highest BCUT2D eigenvalue weighted by Crippen LogP contribution is 2.17. The van der Waals surface area contributed by atoms with Gasteiger partial charge >= 0.3 is 0 Å². The fraction of sp³-hybridized carbons (Fsp3) is 0.100. The van der Waals surface area contributed by atoms with Crippen LogP contribution < -0.4 is 15.6 Å². The third-order valence-electron chi connectivity index (χ3n) is 4.25. The third-order valence-corrected chi connectivity index (χ3v) is 4.25. The first-order valence-electron chi connectivity index (χ1n) is 8.58. The smallest absolute Gasteiger partial charge is 0.274 e. The lowest BCUT2D eigenvalue weighted by Gasteiger charge is -2.07. The maximum Gasteiger partial charge on any atom is 0.274 e.